The molecule has 0 bridgehead atoms. The summed E-state index contributed by atoms with van der Waals surface area (Å²) >= 11 is 1.60. The van der Waals surface area contributed by atoms with E-state index in [0.29, 0.717) is 5.56 Å². The summed E-state index contributed by atoms with van der Waals surface area (Å²) in [6.45, 7) is 0. The Morgan fingerprint density at radius 2 is 2.00 bits per heavy atom. The van der Waals surface area contributed by atoms with Crippen LogP contribution in [0.2, 0.25) is 0 Å². The van der Waals surface area contributed by atoms with Crippen LogP contribution in [0, 0.1) is 0 Å². The fourth-order valence-electron chi connectivity index (χ4n) is 1.26. The number of carbonyl (C=O) groups is 1. The van der Waals surface area contributed by atoms with Crippen LogP contribution < -0.4 is 0 Å². The van der Waals surface area contributed by atoms with Crippen molar-refractivity contribution in [2.24, 2.45) is 0 Å². The molecule has 0 amide bonds. The fraction of sp³-hybridized carbons (Fsp3) is 0.0833. The van der Waals surface area contributed by atoms with E-state index in [-0.39, 0.29) is 0 Å². The van der Waals surface area contributed by atoms with Crippen LogP contribution in [-0.2, 0) is 5.75 Å². The molecular weight excluding hydrogens is 236 g/mol. The highest BCUT2D eigenvalue weighted by Crippen LogP contribution is 2.21. The molecule has 0 radical (unpaired) electrons. The molecule has 0 aliphatic rings. The Hall–Kier alpha value is -1.88. The van der Waals surface area contributed by atoms with E-state index in [1.54, 1.807) is 54.6 Å². The zero-order chi connectivity index (χ0) is 12.1. The van der Waals surface area contributed by atoms with Crippen LogP contribution in [0.15, 0.2) is 47.8 Å². The first-order chi connectivity index (χ1) is 8.25. The van der Waals surface area contributed by atoms with Crippen molar-refractivity contribution in [3.8, 4) is 0 Å². The summed E-state index contributed by atoms with van der Waals surface area (Å²) in [5, 5.41) is 8.76. The van der Waals surface area contributed by atoms with Crippen molar-refractivity contribution in [1.82, 2.24) is 9.97 Å². The van der Waals surface area contributed by atoms with Gasteiger partial charge in [0.15, 0.2) is 0 Å². The summed E-state index contributed by atoms with van der Waals surface area (Å²) in [7, 11) is 0. The van der Waals surface area contributed by atoms with Crippen LogP contribution in [0.1, 0.15) is 16.1 Å². The number of nitrogens with zero attached hydrogens (tertiary/aromatic N) is 2. The first kappa shape index (κ1) is 11.6. The topological polar surface area (TPSA) is 63.1 Å². The maximum atomic E-state index is 10.7. The smallest absolute Gasteiger partial charge is 0.335 e. The van der Waals surface area contributed by atoms with Crippen molar-refractivity contribution in [1.29, 1.82) is 0 Å². The molecule has 1 heterocycles. The summed E-state index contributed by atoms with van der Waals surface area (Å²) in [5.41, 5.74) is 1.20. The van der Waals surface area contributed by atoms with Gasteiger partial charge in [0.25, 0.3) is 0 Å². The van der Waals surface area contributed by atoms with Crippen LogP contribution >= 0.6 is 11.8 Å². The minimum absolute atomic E-state index is 0.300. The molecule has 1 aromatic heterocycles. The van der Waals surface area contributed by atoms with Gasteiger partial charge in [0.2, 0.25) is 0 Å². The van der Waals surface area contributed by atoms with Gasteiger partial charge in [-0.1, -0.05) is 0 Å². The molecule has 17 heavy (non-hydrogen) atoms. The number of hydrogen-bond acceptors (Lipinski definition) is 4. The molecule has 86 valence electrons. The molecule has 5 heteroatoms. The van der Waals surface area contributed by atoms with Gasteiger partial charge in [-0.2, -0.15) is 0 Å². The average molecular weight is 246 g/mol. The van der Waals surface area contributed by atoms with E-state index in [0.717, 1.165) is 16.3 Å². The number of carboxylic acid groups (broad SMARTS) is 1. The lowest BCUT2D eigenvalue weighted by Crippen LogP contribution is -1.94. The van der Waals surface area contributed by atoms with Gasteiger partial charge in [-0.05, 0) is 24.3 Å². The lowest BCUT2D eigenvalue weighted by atomic mass is 10.2. The van der Waals surface area contributed by atoms with Crippen LogP contribution in [0.3, 0.4) is 0 Å². The summed E-state index contributed by atoms with van der Waals surface area (Å²) in [4.78, 5) is 19.8. The van der Waals surface area contributed by atoms with Crippen LogP contribution in [0.25, 0.3) is 0 Å². The highest BCUT2D eigenvalue weighted by Gasteiger charge is 2.02. The third-order valence-electron chi connectivity index (χ3n) is 2.10. The number of benzene rings is 1. The normalized spacial score (nSPS) is 10.1. The number of hydrogen-bond donors (Lipinski definition) is 1. The van der Waals surface area contributed by atoms with Crippen molar-refractivity contribution < 1.29 is 9.90 Å². The first-order valence-corrected chi connectivity index (χ1v) is 5.95. The second kappa shape index (κ2) is 5.45. The molecule has 0 spiro atoms. The third kappa shape index (κ3) is 3.29. The van der Waals surface area contributed by atoms with Crippen molar-refractivity contribution in [3.63, 3.8) is 0 Å². The summed E-state index contributed by atoms with van der Waals surface area (Å²) in [6, 6.07) is 6.79. The quantitative estimate of drug-likeness (QED) is 0.839. The zero-order valence-corrected chi connectivity index (χ0v) is 9.72. The molecule has 2 rings (SSSR count). The van der Waals surface area contributed by atoms with Gasteiger partial charge in [-0.3, -0.25) is 9.97 Å². The Balaban J connectivity index is 1.98. The summed E-state index contributed by atoms with van der Waals surface area (Å²) < 4.78 is 0. The number of rotatable bonds is 4. The van der Waals surface area contributed by atoms with Crippen molar-refractivity contribution in [2.45, 2.75) is 10.6 Å². The van der Waals surface area contributed by atoms with Crippen LogP contribution in [0.4, 0.5) is 0 Å². The summed E-state index contributed by atoms with van der Waals surface area (Å²) in [6.07, 6.45) is 5.01. The number of carboxylic acids is 1. The Morgan fingerprint density at radius 3 is 2.59 bits per heavy atom. The lowest BCUT2D eigenvalue weighted by molar-refractivity contribution is 0.0697. The molecule has 2 aromatic rings. The number of aromatic carboxylic acids is 1. The Kier molecular flexibility index (Phi) is 3.72. The van der Waals surface area contributed by atoms with E-state index >= 15 is 0 Å². The van der Waals surface area contributed by atoms with Gasteiger partial charge in [0.1, 0.15) is 0 Å². The Morgan fingerprint density at radius 1 is 1.24 bits per heavy atom. The van der Waals surface area contributed by atoms with E-state index in [1.807, 2.05) is 0 Å². The molecule has 0 aliphatic carbocycles. The molecule has 0 fully saturated rings. The minimum atomic E-state index is -0.907. The van der Waals surface area contributed by atoms with Crippen molar-refractivity contribution in [2.75, 3.05) is 0 Å². The van der Waals surface area contributed by atoms with Gasteiger partial charge in [0.05, 0.1) is 11.3 Å². The highest BCUT2D eigenvalue weighted by atomic mass is 32.2. The lowest BCUT2D eigenvalue weighted by Gasteiger charge is -2.01. The number of aromatic nitrogens is 2. The van der Waals surface area contributed by atoms with Gasteiger partial charge in [-0.25, -0.2) is 4.79 Å². The molecule has 0 saturated carbocycles. The van der Waals surface area contributed by atoms with Gasteiger partial charge >= 0.3 is 5.97 Å². The van der Waals surface area contributed by atoms with Crippen LogP contribution in [-0.4, -0.2) is 21.0 Å². The molecule has 0 saturated heterocycles. The van der Waals surface area contributed by atoms with E-state index in [9.17, 15) is 4.79 Å². The second-order valence-electron chi connectivity index (χ2n) is 3.31. The van der Waals surface area contributed by atoms with E-state index in [2.05, 4.69) is 9.97 Å². The second-order valence-corrected chi connectivity index (χ2v) is 4.36. The van der Waals surface area contributed by atoms with Gasteiger partial charge < -0.3 is 5.11 Å². The monoisotopic (exact) mass is 246 g/mol. The van der Waals surface area contributed by atoms with Crippen molar-refractivity contribution >= 4 is 17.7 Å². The molecule has 0 aliphatic heterocycles. The average Bonchev–Trinajstić information content (AvgIpc) is 2.38. The maximum Gasteiger partial charge on any atom is 0.335 e. The SMILES string of the molecule is O=C(O)c1ccc(SCc2cnccn2)cc1. The number of thioether (sulfide) groups is 1. The predicted molar refractivity (Wildman–Crippen MR) is 65.0 cm³/mol. The summed E-state index contributed by atoms with van der Waals surface area (Å²) in [5.74, 6) is -0.184. The van der Waals surface area contributed by atoms with Gasteiger partial charge in [-0.15, -0.1) is 11.8 Å². The van der Waals surface area contributed by atoms with Crippen molar-refractivity contribution in [3.05, 3.63) is 54.1 Å². The third-order valence-corrected chi connectivity index (χ3v) is 3.15. The fourth-order valence-corrected chi connectivity index (χ4v) is 2.05. The molecular formula is C12H10N2O2S. The highest BCUT2D eigenvalue weighted by molar-refractivity contribution is 7.98. The van der Waals surface area contributed by atoms with Crippen LogP contribution in [0.5, 0.6) is 0 Å². The Bertz CT molecular complexity index is 500. The van der Waals surface area contributed by atoms with E-state index in [4.69, 9.17) is 5.11 Å². The first-order valence-electron chi connectivity index (χ1n) is 4.97. The largest absolute Gasteiger partial charge is 0.478 e. The molecule has 0 unspecified atom stereocenters. The van der Waals surface area contributed by atoms with E-state index in [1.165, 1.54) is 0 Å². The molecule has 4 nitrogen and oxygen atoms in total. The maximum absolute atomic E-state index is 10.7. The van der Waals surface area contributed by atoms with Gasteiger partial charge in [0, 0.05) is 29.2 Å². The molecule has 0 atom stereocenters. The van der Waals surface area contributed by atoms with E-state index < -0.39 is 5.97 Å². The standard InChI is InChI=1S/C12H10N2O2S/c15-12(16)9-1-3-11(4-2-9)17-8-10-7-13-5-6-14-10/h1-7H,8H2,(H,15,16). The Labute approximate surface area is 103 Å². The zero-order valence-electron chi connectivity index (χ0n) is 8.91. The molecule has 1 aromatic carbocycles. The molecule has 1 N–H and O–H groups in total. The predicted octanol–water partition coefficient (Wildman–Crippen LogP) is 2.47. The minimum Gasteiger partial charge on any atom is -0.478 e.